The summed E-state index contributed by atoms with van der Waals surface area (Å²) in [7, 11) is -1.97. The Kier molecular flexibility index (Phi) is 9.60. The lowest BCUT2D eigenvalue weighted by Crippen LogP contribution is -2.54. The molecule has 0 radical (unpaired) electrons. The molecule has 3 aromatic rings. The van der Waals surface area contributed by atoms with Gasteiger partial charge in [-0.05, 0) is 65.8 Å². The highest BCUT2D eigenvalue weighted by Crippen LogP contribution is 2.35. The molecule has 43 heavy (non-hydrogen) atoms. The molecule has 2 N–H and O–H groups in total. The zero-order valence-electron chi connectivity index (χ0n) is 25.5. The summed E-state index contributed by atoms with van der Waals surface area (Å²) in [5, 5.41) is 5.86. The number of rotatable bonds is 8. The molecule has 1 fully saturated rings. The normalized spacial score (nSPS) is 15.8. The Labute approximate surface area is 258 Å². The standard InChI is InChI=1S/C30H39ClN6O5S/c1-19(2)43(39,40)26-11-9-8-10-24(26)33-27-22(31)17-32-28(35-27)34-23-13-12-21(16-25(23)41-7)37-15-14-36(18-20(37)3)29(38)42-30(4,5)6/h8-13,16-17,19-20H,14-15,18H2,1-7H3,(H2,32,33,34,35)/t20-/m1/s1. The van der Waals surface area contributed by atoms with Crippen molar-refractivity contribution >= 4 is 56.4 Å². The average Bonchev–Trinajstić information content (AvgIpc) is 2.94. The molecule has 1 atom stereocenters. The van der Waals surface area contributed by atoms with E-state index in [1.165, 1.54) is 6.20 Å². The molecule has 2 heterocycles. The van der Waals surface area contributed by atoms with Crippen LogP contribution in [-0.4, -0.2) is 73.0 Å². The van der Waals surface area contributed by atoms with Crippen LogP contribution in [0.25, 0.3) is 0 Å². The maximum absolute atomic E-state index is 12.9. The zero-order chi connectivity index (χ0) is 31.5. The van der Waals surface area contributed by atoms with E-state index in [1.54, 1.807) is 50.1 Å². The third kappa shape index (κ3) is 7.61. The average molecular weight is 631 g/mol. The van der Waals surface area contributed by atoms with Gasteiger partial charge in [0, 0.05) is 37.4 Å². The number of anilines is 5. The summed E-state index contributed by atoms with van der Waals surface area (Å²) < 4.78 is 37.0. The Bertz CT molecular complexity index is 1580. The summed E-state index contributed by atoms with van der Waals surface area (Å²) in [4.78, 5) is 25.5. The molecule has 4 rings (SSSR count). The van der Waals surface area contributed by atoms with Gasteiger partial charge in [-0.15, -0.1) is 0 Å². The minimum Gasteiger partial charge on any atom is -0.494 e. The third-order valence-corrected chi connectivity index (χ3v) is 9.34. The minimum absolute atomic E-state index is 0.0559. The smallest absolute Gasteiger partial charge is 0.410 e. The van der Waals surface area contributed by atoms with Crippen LogP contribution >= 0.6 is 11.6 Å². The summed E-state index contributed by atoms with van der Waals surface area (Å²) >= 11 is 6.39. The minimum atomic E-state index is -3.55. The Morgan fingerprint density at radius 3 is 2.47 bits per heavy atom. The maximum Gasteiger partial charge on any atom is 0.410 e. The highest BCUT2D eigenvalue weighted by Gasteiger charge is 2.30. The number of hydrogen-bond donors (Lipinski definition) is 2. The van der Waals surface area contributed by atoms with Crippen molar-refractivity contribution in [2.24, 2.45) is 0 Å². The molecule has 232 valence electrons. The topological polar surface area (TPSA) is 126 Å². The van der Waals surface area contributed by atoms with Gasteiger partial charge in [0.25, 0.3) is 0 Å². The van der Waals surface area contributed by atoms with Crippen LogP contribution < -0.4 is 20.3 Å². The number of para-hydroxylation sites is 1. The van der Waals surface area contributed by atoms with Crippen LogP contribution in [0.1, 0.15) is 41.5 Å². The Hall–Kier alpha value is -3.77. The first-order valence-electron chi connectivity index (χ1n) is 14.0. The zero-order valence-corrected chi connectivity index (χ0v) is 27.1. The number of aromatic nitrogens is 2. The number of amides is 1. The van der Waals surface area contributed by atoms with Crippen LogP contribution in [0, 0.1) is 0 Å². The Morgan fingerprint density at radius 2 is 1.81 bits per heavy atom. The SMILES string of the molecule is COc1cc(N2CCN(C(=O)OC(C)(C)C)C[C@H]2C)ccc1Nc1ncc(Cl)c(Nc2ccccc2S(=O)(=O)C(C)C)n1. The predicted octanol–water partition coefficient (Wildman–Crippen LogP) is 6.25. The number of carbonyl (C=O) groups excluding carboxylic acids is 1. The van der Waals surface area contributed by atoms with Gasteiger partial charge in [0.2, 0.25) is 5.95 Å². The molecule has 1 aliphatic rings. The fraction of sp³-hybridized carbons (Fsp3) is 0.433. The lowest BCUT2D eigenvalue weighted by Gasteiger charge is -2.41. The van der Waals surface area contributed by atoms with Crippen molar-refractivity contribution in [3.8, 4) is 5.75 Å². The molecule has 0 aliphatic carbocycles. The second-order valence-electron chi connectivity index (χ2n) is 11.6. The third-order valence-electron chi connectivity index (χ3n) is 6.85. The maximum atomic E-state index is 12.9. The van der Waals surface area contributed by atoms with Crippen LogP contribution in [0.5, 0.6) is 5.75 Å². The summed E-state index contributed by atoms with van der Waals surface area (Å²) in [6, 6.07) is 12.4. The van der Waals surface area contributed by atoms with Crippen molar-refractivity contribution < 1.29 is 22.7 Å². The first-order valence-corrected chi connectivity index (χ1v) is 15.9. The largest absolute Gasteiger partial charge is 0.494 e. The quantitative estimate of drug-likeness (QED) is 0.295. The number of halogens is 1. The van der Waals surface area contributed by atoms with E-state index in [4.69, 9.17) is 21.1 Å². The number of piperazine rings is 1. The number of nitrogens with zero attached hydrogens (tertiary/aromatic N) is 4. The van der Waals surface area contributed by atoms with E-state index < -0.39 is 20.7 Å². The molecule has 13 heteroatoms. The lowest BCUT2D eigenvalue weighted by molar-refractivity contribution is 0.0218. The first-order chi connectivity index (χ1) is 20.2. The molecular formula is C30H39ClN6O5S. The molecule has 0 bridgehead atoms. The molecule has 11 nitrogen and oxygen atoms in total. The number of methoxy groups -OCH3 is 1. The van der Waals surface area contributed by atoms with Gasteiger partial charge in [-0.3, -0.25) is 0 Å². The Morgan fingerprint density at radius 1 is 1.09 bits per heavy atom. The van der Waals surface area contributed by atoms with Crippen molar-refractivity contribution in [1.29, 1.82) is 0 Å². The fourth-order valence-electron chi connectivity index (χ4n) is 4.63. The predicted molar refractivity (Wildman–Crippen MR) is 170 cm³/mol. The van der Waals surface area contributed by atoms with Gasteiger partial charge >= 0.3 is 6.09 Å². The van der Waals surface area contributed by atoms with E-state index >= 15 is 0 Å². The van der Waals surface area contributed by atoms with Gasteiger partial charge in [0.05, 0.1) is 34.8 Å². The number of benzene rings is 2. The fourth-order valence-corrected chi connectivity index (χ4v) is 5.97. The van der Waals surface area contributed by atoms with Gasteiger partial charge in [-0.2, -0.15) is 4.98 Å². The van der Waals surface area contributed by atoms with Crippen molar-refractivity contribution in [1.82, 2.24) is 14.9 Å². The summed E-state index contributed by atoms with van der Waals surface area (Å²) in [6.45, 7) is 12.6. The van der Waals surface area contributed by atoms with Crippen molar-refractivity contribution in [2.45, 2.75) is 63.3 Å². The van der Waals surface area contributed by atoms with Gasteiger partial charge in [-0.25, -0.2) is 18.2 Å². The van der Waals surface area contributed by atoms with E-state index in [9.17, 15) is 13.2 Å². The molecular weight excluding hydrogens is 592 g/mol. The van der Waals surface area contributed by atoms with E-state index in [2.05, 4.69) is 32.4 Å². The van der Waals surface area contributed by atoms with Gasteiger partial charge in [0.15, 0.2) is 15.7 Å². The number of hydrogen-bond acceptors (Lipinski definition) is 10. The first kappa shape index (κ1) is 32.2. The van der Waals surface area contributed by atoms with E-state index in [1.807, 2.05) is 39.0 Å². The monoisotopic (exact) mass is 630 g/mol. The van der Waals surface area contributed by atoms with Crippen LogP contribution in [0.3, 0.4) is 0 Å². The second-order valence-corrected chi connectivity index (χ2v) is 14.5. The number of sulfone groups is 1. The van der Waals surface area contributed by atoms with E-state index in [0.717, 1.165) is 5.69 Å². The Balaban J connectivity index is 1.52. The summed E-state index contributed by atoms with van der Waals surface area (Å²) in [5.74, 6) is 1.06. The molecule has 0 spiro atoms. The van der Waals surface area contributed by atoms with E-state index in [0.29, 0.717) is 36.8 Å². The number of carbonyl (C=O) groups is 1. The lowest BCUT2D eigenvalue weighted by atomic mass is 10.1. The second kappa shape index (κ2) is 12.8. The summed E-state index contributed by atoms with van der Waals surface area (Å²) in [5.41, 5.74) is 1.39. The van der Waals surface area contributed by atoms with Crippen LogP contribution in [-0.2, 0) is 14.6 Å². The molecule has 1 saturated heterocycles. The van der Waals surface area contributed by atoms with Crippen molar-refractivity contribution in [3.63, 3.8) is 0 Å². The number of nitrogens with one attached hydrogen (secondary N) is 2. The molecule has 1 aromatic heterocycles. The van der Waals surface area contributed by atoms with Crippen LogP contribution in [0.15, 0.2) is 53.6 Å². The van der Waals surface area contributed by atoms with Crippen LogP contribution in [0.4, 0.5) is 33.6 Å². The molecule has 0 saturated carbocycles. The number of ether oxygens (including phenoxy) is 2. The highest BCUT2D eigenvalue weighted by molar-refractivity contribution is 7.92. The van der Waals surface area contributed by atoms with Gasteiger partial charge in [0.1, 0.15) is 16.4 Å². The molecule has 1 amide bonds. The van der Waals surface area contributed by atoms with E-state index in [-0.39, 0.29) is 33.8 Å². The molecule has 1 aliphatic heterocycles. The van der Waals surface area contributed by atoms with Crippen LogP contribution in [0.2, 0.25) is 5.02 Å². The molecule has 2 aromatic carbocycles. The molecule has 0 unspecified atom stereocenters. The van der Waals surface area contributed by atoms with Gasteiger partial charge in [-0.1, -0.05) is 23.7 Å². The van der Waals surface area contributed by atoms with Gasteiger partial charge < -0.3 is 29.9 Å². The summed E-state index contributed by atoms with van der Waals surface area (Å²) in [6.07, 6.45) is 1.13. The highest BCUT2D eigenvalue weighted by atomic mass is 35.5. The van der Waals surface area contributed by atoms with Crippen molar-refractivity contribution in [3.05, 3.63) is 53.7 Å². The van der Waals surface area contributed by atoms with Crippen molar-refractivity contribution in [2.75, 3.05) is 42.3 Å².